The molecule has 1 aliphatic rings. The maximum atomic E-state index is 11.0. The van der Waals surface area contributed by atoms with Crippen molar-refractivity contribution in [3.8, 4) is 0 Å². The number of rotatable bonds is 5. The van der Waals surface area contributed by atoms with Gasteiger partial charge in [0.15, 0.2) is 0 Å². The molecule has 148 valence electrons. The van der Waals surface area contributed by atoms with Crippen LogP contribution in [0.25, 0.3) is 10.9 Å². The van der Waals surface area contributed by atoms with Gasteiger partial charge in [0.25, 0.3) is 10.2 Å². The summed E-state index contributed by atoms with van der Waals surface area (Å²) in [5, 5.41) is 6.25. The lowest BCUT2D eigenvalue weighted by Gasteiger charge is -2.26. The van der Waals surface area contributed by atoms with Crippen LogP contribution in [0.4, 0.5) is 5.69 Å². The first-order valence-corrected chi connectivity index (χ1v) is 11.2. The average Bonchev–Trinajstić information content (AvgIpc) is 2.81. The lowest BCUT2D eigenvalue weighted by Crippen LogP contribution is -2.32. The van der Waals surface area contributed by atoms with Gasteiger partial charge in [0, 0.05) is 31.2 Å². The Bertz CT molecular complexity index is 927. The van der Waals surface area contributed by atoms with Gasteiger partial charge < -0.3 is 4.90 Å². The number of fused-ring (bicyclic) bond motifs is 1. The summed E-state index contributed by atoms with van der Waals surface area (Å²) >= 11 is 0. The van der Waals surface area contributed by atoms with E-state index in [1.54, 1.807) is 0 Å². The second-order valence-corrected chi connectivity index (χ2v) is 9.13. The summed E-state index contributed by atoms with van der Waals surface area (Å²) < 4.78 is 24.5. The fourth-order valence-corrected chi connectivity index (χ4v) is 4.44. The van der Waals surface area contributed by atoms with E-state index in [-0.39, 0.29) is 0 Å². The second kappa shape index (κ2) is 8.12. The van der Waals surface area contributed by atoms with E-state index in [1.807, 2.05) is 6.20 Å². The first kappa shape index (κ1) is 20.0. The third-order valence-electron chi connectivity index (χ3n) is 5.66. The Morgan fingerprint density at radius 3 is 2.63 bits per heavy atom. The molecule has 7 heteroatoms. The highest BCUT2D eigenvalue weighted by Crippen LogP contribution is 2.33. The Morgan fingerprint density at radius 2 is 1.89 bits per heavy atom. The predicted molar refractivity (Wildman–Crippen MR) is 111 cm³/mol. The monoisotopic (exact) mass is 390 g/mol. The number of nitrogens with two attached hydrogens (primary N) is 1. The van der Waals surface area contributed by atoms with E-state index in [9.17, 15) is 8.42 Å². The van der Waals surface area contributed by atoms with Crippen LogP contribution in [0.1, 0.15) is 42.4 Å². The van der Waals surface area contributed by atoms with E-state index in [2.05, 4.69) is 47.5 Å². The van der Waals surface area contributed by atoms with Crippen molar-refractivity contribution < 1.29 is 8.42 Å². The van der Waals surface area contributed by atoms with Crippen LogP contribution in [0.15, 0.2) is 18.3 Å². The average molecular weight is 391 g/mol. The highest BCUT2D eigenvalue weighted by molar-refractivity contribution is 7.87. The standard InChI is InChI=1S/C20H30N4O2S/c1-14-11-18-19(12-15(14)2)22-13-16(3)20(18)24-9-4-5-17(7-10-24)6-8-23-27(21,25)26/h11-13,17,23H,4-10H2,1-3H3,(H2,21,25,26). The number of benzene rings is 1. The number of hydrogen-bond donors (Lipinski definition) is 2. The molecule has 3 N–H and O–H groups in total. The minimum Gasteiger partial charge on any atom is -0.371 e. The fraction of sp³-hybridized carbons (Fsp3) is 0.550. The third-order valence-corrected chi connectivity index (χ3v) is 6.26. The van der Waals surface area contributed by atoms with E-state index < -0.39 is 10.2 Å². The van der Waals surface area contributed by atoms with Crippen molar-refractivity contribution >= 4 is 26.8 Å². The van der Waals surface area contributed by atoms with E-state index in [4.69, 9.17) is 5.14 Å². The number of nitrogens with zero attached hydrogens (tertiary/aromatic N) is 2. The molecule has 0 aliphatic carbocycles. The number of aromatic nitrogens is 1. The molecule has 1 aromatic carbocycles. The van der Waals surface area contributed by atoms with Gasteiger partial charge in [-0.15, -0.1) is 0 Å². The minimum atomic E-state index is -3.59. The molecule has 0 radical (unpaired) electrons. The van der Waals surface area contributed by atoms with Crippen LogP contribution < -0.4 is 14.8 Å². The zero-order chi connectivity index (χ0) is 19.6. The van der Waals surface area contributed by atoms with Gasteiger partial charge in [-0.3, -0.25) is 4.98 Å². The molecule has 2 heterocycles. The summed E-state index contributed by atoms with van der Waals surface area (Å²) in [4.78, 5) is 7.12. The van der Waals surface area contributed by atoms with Crippen molar-refractivity contribution in [3.05, 3.63) is 35.0 Å². The van der Waals surface area contributed by atoms with Crippen molar-refractivity contribution in [2.24, 2.45) is 11.1 Å². The number of aryl methyl sites for hydroxylation is 3. The van der Waals surface area contributed by atoms with Gasteiger partial charge in [-0.2, -0.15) is 8.42 Å². The normalized spacial score (nSPS) is 18.7. The van der Waals surface area contributed by atoms with Gasteiger partial charge in [0.1, 0.15) is 0 Å². The predicted octanol–water partition coefficient (Wildman–Crippen LogP) is 2.95. The molecule has 3 rings (SSSR count). The summed E-state index contributed by atoms with van der Waals surface area (Å²) in [6.45, 7) is 8.83. The molecule has 27 heavy (non-hydrogen) atoms. The Balaban J connectivity index is 1.77. The molecule has 1 atom stereocenters. The van der Waals surface area contributed by atoms with Gasteiger partial charge >= 0.3 is 0 Å². The van der Waals surface area contributed by atoms with Crippen molar-refractivity contribution in [2.45, 2.75) is 46.5 Å². The Labute approximate surface area is 162 Å². The molecule has 1 saturated heterocycles. The largest absolute Gasteiger partial charge is 0.371 e. The molecule has 1 aliphatic heterocycles. The molecule has 0 amide bonds. The van der Waals surface area contributed by atoms with Crippen molar-refractivity contribution in [1.82, 2.24) is 9.71 Å². The molecule has 1 fully saturated rings. The fourth-order valence-electron chi connectivity index (χ4n) is 4.04. The van der Waals surface area contributed by atoms with Crippen molar-refractivity contribution in [1.29, 1.82) is 0 Å². The van der Waals surface area contributed by atoms with Crippen LogP contribution in [-0.4, -0.2) is 33.0 Å². The zero-order valence-electron chi connectivity index (χ0n) is 16.5. The molecule has 2 aromatic rings. The van der Waals surface area contributed by atoms with Crippen LogP contribution in [0.2, 0.25) is 0 Å². The molecule has 1 aromatic heterocycles. The first-order chi connectivity index (χ1) is 12.7. The van der Waals surface area contributed by atoms with Gasteiger partial charge in [-0.25, -0.2) is 9.86 Å². The first-order valence-electron chi connectivity index (χ1n) is 9.63. The highest BCUT2D eigenvalue weighted by atomic mass is 32.2. The topological polar surface area (TPSA) is 88.3 Å². The van der Waals surface area contributed by atoms with Crippen LogP contribution in [0, 0.1) is 26.7 Å². The Hall–Kier alpha value is -1.70. The summed E-state index contributed by atoms with van der Waals surface area (Å²) in [5.74, 6) is 0.515. The molecule has 6 nitrogen and oxygen atoms in total. The molecule has 0 bridgehead atoms. The minimum absolute atomic E-state index is 0.416. The number of pyridine rings is 1. The number of hydrogen-bond acceptors (Lipinski definition) is 4. The van der Waals surface area contributed by atoms with Gasteiger partial charge in [0.2, 0.25) is 0 Å². The van der Waals surface area contributed by atoms with Crippen molar-refractivity contribution in [2.75, 3.05) is 24.5 Å². The SMILES string of the molecule is Cc1cc2ncc(C)c(N3CCCC(CCNS(N)(=O)=O)CC3)c2cc1C. The summed E-state index contributed by atoms with van der Waals surface area (Å²) in [7, 11) is -3.59. The Kier molecular flexibility index (Phi) is 6.03. The van der Waals surface area contributed by atoms with E-state index >= 15 is 0 Å². The molecular weight excluding hydrogens is 360 g/mol. The van der Waals surface area contributed by atoms with Gasteiger partial charge in [-0.1, -0.05) is 0 Å². The van der Waals surface area contributed by atoms with Crippen LogP contribution >= 0.6 is 0 Å². The van der Waals surface area contributed by atoms with Crippen molar-refractivity contribution in [3.63, 3.8) is 0 Å². The third kappa shape index (κ3) is 4.97. The summed E-state index contributed by atoms with van der Waals surface area (Å²) in [6.07, 6.45) is 6.08. The molecule has 0 spiro atoms. The maximum absolute atomic E-state index is 11.0. The molecule has 0 saturated carbocycles. The number of nitrogens with one attached hydrogen (secondary N) is 1. The van der Waals surface area contributed by atoms with Crippen LogP contribution in [-0.2, 0) is 10.2 Å². The van der Waals surface area contributed by atoms with E-state index in [0.29, 0.717) is 12.5 Å². The summed E-state index contributed by atoms with van der Waals surface area (Å²) in [6, 6.07) is 4.44. The highest BCUT2D eigenvalue weighted by Gasteiger charge is 2.20. The van der Waals surface area contributed by atoms with E-state index in [0.717, 1.165) is 44.3 Å². The zero-order valence-corrected chi connectivity index (χ0v) is 17.3. The number of anilines is 1. The maximum Gasteiger partial charge on any atom is 0.274 e. The van der Waals surface area contributed by atoms with Gasteiger partial charge in [-0.05, 0) is 81.2 Å². The molecule has 1 unspecified atom stereocenters. The molecular formula is C20H30N4O2S. The van der Waals surface area contributed by atoms with Gasteiger partial charge in [0.05, 0.1) is 11.2 Å². The summed E-state index contributed by atoms with van der Waals surface area (Å²) in [5.41, 5.74) is 6.12. The quantitative estimate of drug-likeness (QED) is 0.821. The second-order valence-electron chi connectivity index (χ2n) is 7.76. The van der Waals surface area contributed by atoms with E-state index in [1.165, 1.54) is 27.8 Å². The van der Waals surface area contributed by atoms with Crippen LogP contribution in [0.5, 0.6) is 0 Å². The Morgan fingerprint density at radius 1 is 1.15 bits per heavy atom. The smallest absolute Gasteiger partial charge is 0.274 e. The lowest BCUT2D eigenvalue weighted by molar-refractivity contribution is 0.438. The lowest BCUT2D eigenvalue weighted by atomic mass is 9.97. The van der Waals surface area contributed by atoms with Crippen LogP contribution in [0.3, 0.4) is 0 Å².